The maximum absolute atomic E-state index is 5.44. The largest absolute Gasteiger partial charge is 0.308 e. The number of rotatable bonds is 3. The van der Waals surface area contributed by atoms with Crippen molar-refractivity contribution >= 4 is 81.6 Å². The number of benzene rings is 8. The third-order valence-corrected chi connectivity index (χ3v) is 11.0. The van der Waals surface area contributed by atoms with Gasteiger partial charge in [0.05, 0.1) is 38.8 Å². The van der Waals surface area contributed by atoms with Gasteiger partial charge >= 0.3 is 0 Å². The van der Waals surface area contributed by atoms with E-state index in [1.807, 2.05) is 0 Å². The van der Waals surface area contributed by atoms with Gasteiger partial charge in [-0.2, -0.15) is 0 Å². The fourth-order valence-corrected chi connectivity index (χ4v) is 8.83. The summed E-state index contributed by atoms with van der Waals surface area (Å²) >= 11 is 0. The lowest BCUT2D eigenvalue weighted by atomic mass is 10.0. The molecule has 0 saturated heterocycles. The summed E-state index contributed by atoms with van der Waals surface area (Å²) in [7, 11) is 0. The molecule has 4 aromatic heterocycles. The van der Waals surface area contributed by atoms with E-state index in [1.54, 1.807) is 0 Å². The Morgan fingerprint density at radius 3 is 1.87 bits per heavy atom. The Hall–Kier alpha value is -7.04. The highest BCUT2D eigenvalue weighted by Gasteiger charge is 2.24. The predicted octanol–water partition coefficient (Wildman–Crippen LogP) is 12.4. The number of fused-ring (bicyclic) bond motifs is 8. The molecule has 0 aliphatic heterocycles. The normalized spacial score (nSPS) is 12.2. The quantitative estimate of drug-likeness (QED) is 0.177. The number of para-hydroxylation sites is 1. The highest BCUT2D eigenvalue weighted by atomic mass is 15.2. The van der Waals surface area contributed by atoms with Gasteiger partial charge in [0, 0.05) is 43.3 Å². The summed E-state index contributed by atoms with van der Waals surface area (Å²) in [5, 5.41) is 10.7. The maximum Gasteiger partial charge on any atom is 0.235 e. The lowest BCUT2D eigenvalue weighted by molar-refractivity contribution is 1.02. The zero-order valence-electron chi connectivity index (χ0n) is 28.0. The van der Waals surface area contributed by atoms with E-state index in [9.17, 15) is 0 Å². The Morgan fingerprint density at radius 2 is 1.02 bits per heavy atom. The summed E-state index contributed by atoms with van der Waals surface area (Å²) in [6.07, 6.45) is 0. The molecule has 12 aromatic rings. The van der Waals surface area contributed by atoms with Gasteiger partial charge in [0.2, 0.25) is 5.95 Å². The summed E-state index contributed by atoms with van der Waals surface area (Å²) in [6.45, 7) is 0. The monoisotopic (exact) mass is 660 g/mol. The smallest absolute Gasteiger partial charge is 0.235 e. The van der Waals surface area contributed by atoms with Gasteiger partial charge in [-0.05, 0) is 58.3 Å². The van der Waals surface area contributed by atoms with Crippen LogP contribution in [0.4, 0.5) is 0 Å². The van der Waals surface area contributed by atoms with Gasteiger partial charge in [0.25, 0.3) is 0 Å². The Balaban J connectivity index is 1.25. The van der Waals surface area contributed by atoms with Crippen LogP contribution in [0, 0.1) is 0 Å². The van der Waals surface area contributed by atoms with E-state index >= 15 is 0 Å². The van der Waals surface area contributed by atoms with E-state index in [-0.39, 0.29) is 0 Å². The van der Waals surface area contributed by atoms with Crippen LogP contribution in [0.1, 0.15) is 0 Å². The Labute approximate surface area is 297 Å². The van der Waals surface area contributed by atoms with Crippen molar-refractivity contribution in [2.24, 2.45) is 0 Å². The Bertz CT molecular complexity index is 3390. The molecule has 0 fully saturated rings. The van der Waals surface area contributed by atoms with Gasteiger partial charge in [-0.25, -0.2) is 9.97 Å². The molecule has 52 heavy (non-hydrogen) atoms. The van der Waals surface area contributed by atoms with E-state index in [0.717, 1.165) is 44.0 Å². The van der Waals surface area contributed by atoms with Crippen molar-refractivity contribution in [3.05, 3.63) is 170 Å². The molecule has 4 heteroatoms. The van der Waals surface area contributed by atoms with Crippen molar-refractivity contribution in [2.75, 3.05) is 0 Å². The molecule has 4 heterocycles. The lowest BCUT2D eigenvalue weighted by Gasteiger charge is -2.13. The van der Waals surface area contributed by atoms with Gasteiger partial charge < -0.3 is 4.40 Å². The van der Waals surface area contributed by atoms with Gasteiger partial charge in [-0.1, -0.05) is 133 Å². The van der Waals surface area contributed by atoms with Gasteiger partial charge in [0.1, 0.15) is 0 Å². The second-order valence-corrected chi connectivity index (χ2v) is 13.8. The van der Waals surface area contributed by atoms with Crippen LogP contribution in [0.5, 0.6) is 0 Å². The summed E-state index contributed by atoms with van der Waals surface area (Å²) in [6, 6.07) is 61.1. The van der Waals surface area contributed by atoms with Crippen molar-refractivity contribution in [1.29, 1.82) is 0 Å². The molecule has 0 aliphatic carbocycles. The van der Waals surface area contributed by atoms with Crippen LogP contribution < -0.4 is 0 Å². The average molecular weight is 661 g/mol. The summed E-state index contributed by atoms with van der Waals surface area (Å²) in [5.41, 5.74) is 11.2. The second kappa shape index (κ2) is 10.3. The lowest BCUT2D eigenvalue weighted by Crippen LogP contribution is -2.04. The summed E-state index contributed by atoms with van der Waals surface area (Å²) in [5.74, 6) is 0.667. The molecule has 8 aromatic carbocycles. The molecular formula is C48H28N4. The molecule has 0 unspecified atom stereocenters. The standard InChI is InChI=1S/C48H28N4/c1-3-12-29(13-4-1)32-25-27-39-38(28-32)36-20-9-19-35-34-18-10-21-40-43(34)44-41(51(39)47(35)36)22-11-23-42(44)52(40)48-49-45(31-15-5-2-6-16-31)37-26-24-30-14-7-8-17-33(30)46(37)50-48/h1-28H. The SMILES string of the molecule is c1ccc(-c2ccc3c(c2)c2cccc4c5cccc6c5c5c(cccc5n3c42)n6-c2nc(-c3ccccc3)c3ccc4ccccc4c3n2)cc1. The average Bonchev–Trinajstić information content (AvgIpc) is 3.69. The van der Waals surface area contributed by atoms with Crippen LogP contribution in [0.15, 0.2) is 170 Å². The maximum atomic E-state index is 5.44. The van der Waals surface area contributed by atoms with E-state index in [2.05, 4.69) is 179 Å². The molecule has 240 valence electrons. The van der Waals surface area contributed by atoms with Crippen molar-refractivity contribution in [3.8, 4) is 28.3 Å². The Morgan fingerprint density at radius 1 is 0.365 bits per heavy atom. The highest BCUT2D eigenvalue weighted by molar-refractivity contribution is 6.31. The van der Waals surface area contributed by atoms with Crippen molar-refractivity contribution in [2.45, 2.75) is 0 Å². The van der Waals surface area contributed by atoms with Crippen LogP contribution in [0.2, 0.25) is 0 Å². The molecule has 12 rings (SSSR count). The van der Waals surface area contributed by atoms with Crippen molar-refractivity contribution < 1.29 is 0 Å². The first-order chi connectivity index (χ1) is 25.8. The molecule has 0 spiro atoms. The number of hydrogen-bond acceptors (Lipinski definition) is 2. The molecule has 0 atom stereocenters. The Kier molecular flexibility index (Phi) is 5.47. The van der Waals surface area contributed by atoms with Gasteiger partial charge in [-0.15, -0.1) is 0 Å². The summed E-state index contributed by atoms with van der Waals surface area (Å²) < 4.78 is 4.78. The number of nitrogens with zero attached hydrogens (tertiary/aromatic N) is 4. The molecule has 0 saturated carbocycles. The van der Waals surface area contributed by atoms with Crippen LogP contribution in [-0.2, 0) is 0 Å². The van der Waals surface area contributed by atoms with E-state index in [1.165, 1.54) is 60.0 Å². The fraction of sp³-hybridized carbons (Fsp3) is 0. The molecule has 0 bridgehead atoms. The first-order valence-electron chi connectivity index (χ1n) is 17.8. The minimum atomic E-state index is 0.667. The predicted molar refractivity (Wildman–Crippen MR) is 217 cm³/mol. The van der Waals surface area contributed by atoms with E-state index in [4.69, 9.17) is 9.97 Å². The van der Waals surface area contributed by atoms with E-state index < -0.39 is 0 Å². The second-order valence-electron chi connectivity index (χ2n) is 13.8. The minimum Gasteiger partial charge on any atom is -0.308 e. The fourth-order valence-electron chi connectivity index (χ4n) is 8.83. The molecule has 0 aliphatic rings. The number of aromatic nitrogens is 4. The van der Waals surface area contributed by atoms with Crippen LogP contribution in [0.3, 0.4) is 0 Å². The van der Waals surface area contributed by atoms with Crippen LogP contribution >= 0.6 is 0 Å². The summed E-state index contributed by atoms with van der Waals surface area (Å²) in [4.78, 5) is 10.9. The van der Waals surface area contributed by atoms with Crippen molar-refractivity contribution in [1.82, 2.24) is 18.9 Å². The van der Waals surface area contributed by atoms with Gasteiger partial charge in [-0.3, -0.25) is 4.57 Å². The molecule has 0 radical (unpaired) electrons. The third-order valence-electron chi connectivity index (χ3n) is 11.0. The van der Waals surface area contributed by atoms with Gasteiger partial charge in [0.15, 0.2) is 0 Å². The topological polar surface area (TPSA) is 35.1 Å². The zero-order chi connectivity index (χ0) is 33.9. The minimum absolute atomic E-state index is 0.667. The van der Waals surface area contributed by atoms with Crippen LogP contribution in [0.25, 0.3) is 110 Å². The van der Waals surface area contributed by atoms with Crippen LogP contribution in [-0.4, -0.2) is 18.9 Å². The molecular weight excluding hydrogens is 633 g/mol. The first kappa shape index (κ1) is 27.7. The molecule has 0 amide bonds. The molecule has 0 N–H and O–H groups in total. The molecule has 4 nitrogen and oxygen atoms in total. The van der Waals surface area contributed by atoms with E-state index in [0.29, 0.717) is 5.95 Å². The zero-order valence-corrected chi connectivity index (χ0v) is 28.0. The highest BCUT2D eigenvalue weighted by Crippen LogP contribution is 2.45. The third kappa shape index (κ3) is 3.65. The number of hydrogen-bond donors (Lipinski definition) is 0. The first-order valence-corrected chi connectivity index (χ1v) is 17.8. The van der Waals surface area contributed by atoms with Crippen molar-refractivity contribution in [3.63, 3.8) is 0 Å².